The van der Waals surface area contributed by atoms with Gasteiger partial charge in [0.1, 0.15) is 11.6 Å². The van der Waals surface area contributed by atoms with Crippen LogP contribution in [-0.2, 0) is 0 Å². The Morgan fingerprint density at radius 1 is 1.06 bits per heavy atom. The molecule has 0 unspecified atom stereocenters. The molecule has 1 heterocycles. The highest BCUT2D eigenvalue weighted by molar-refractivity contribution is 5.90. The van der Waals surface area contributed by atoms with Crippen molar-refractivity contribution in [1.29, 1.82) is 0 Å². The van der Waals surface area contributed by atoms with Crippen molar-refractivity contribution in [2.75, 3.05) is 5.73 Å². The molecule has 2 aromatic carbocycles. The Morgan fingerprint density at radius 2 is 1.76 bits per heavy atom. The second kappa shape index (κ2) is 3.52. The molecule has 0 fully saturated rings. The zero-order valence-corrected chi connectivity index (χ0v) is 9.01. The highest BCUT2D eigenvalue weighted by Gasteiger charge is 2.08. The molecular formula is C13H11N3O. The molecule has 0 bridgehead atoms. The van der Waals surface area contributed by atoms with Gasteiger partial charge in [0.05, 0.1) is 5.69 Å². The van der Waals surface area contributed by atoms with Crippen molar-refractivity contribution in [3.8, 4) is 17.0 Å². The normalized spacial score (nSPS) is 10.8. The first-order chi connectivity index (χ1) is 8.24. The van der Waals surface area contributed by atoms with E-state index in [4.69, 9.17) is 5.73 Å². The van der Waals surface area contributed by atoms with Crippen molar-refractivity contribution in [3.05, 3.63) is 42.5 Å². The lowest BCUT2D eigenvalue weighted by Gasteiger charge is -2.04. The van der Waals surface area contributed by atoms with E-state index in [9.17, 15) is 5.11 Å². The first-order valence-electron chi connectivity index (χ1n) is 5.27. The van der Waals surface area contributed by atoms with Crippen molar-refractivity contribution >= 4 is 16.6 Å². The Hall–Kier alpha value is -2.49. The fourth-order valence-corrected chi connectivity index (χ4v) is 1.92. The maximum Gasteiger partial charge on any atom is 0.145 e. The first kappa shape index (κ1) is 9.72. The van der Waals surface area contributed by atoms with E-state index in [2.05, 4.69) is 10.2 Å². The lowest BCUT2D eigenvalue weighted by molar-refractivity contribution is 0.478. The molecule has 17 heavy (non-hydrogen) atoms. The number of nitrogens with one attached hydrogen (secondary N) is 1. The predicted octanol–water partition coefficient (Wildman–Crippen LogP) is 2.52. The zero-order valence-electron chi connectivity index (χ0n) is 9.01. The third-order valence-corrected chi connectivity index (χ3v) is 2.75. The molecule has 0 amide bonds. The second-order valence-corrected chi connectivity index (χ2v) is 3.92. The molecule has 4 heteroatoms. The number of phenolic OH excluding ortho intramolecular Hbond substituents is 1. The zero-order chi connectivity index (χ0) is 11.8. The molecule has 3 rings (SSSR count). The Labute approximate surface area is 97.7 Å². The van der Waals surface area contributed by atoms with E-state index in [1.807, 2.05) is 30.3 Å². The van der Waals surface area contributed by atoms with E-state index in [1.54, 1.807) is 12.1 Å². The number of nitrogens with two attached hydrogens (primary N) is 1. The summed E-state index contributed by atoms with van der Waals surface area (Å²) < 4.78 is 0. The molecule has 0 saturated carbocycles. The van der Waals surface area contributed by atoms with Crippen LogP contribution in [-0.4, -0.2) is 15.3 Å². The standard InChI is InChI=1S/C13H11N3O/c14-13-7-11(15-16-13)10-5-8-3-1-2-4-9(8)6-12(10)17/h1-7,17H,(H3,14,15,16). The van der Waals surface area contributed by atoms with Gasteiger partial charge in [-0.05, 0) is 22.9 Å². The van der Waals surface area contributed by atoms with E-state index in [0.717, 1.165) is 10.8 Å². The number of hydrogen-bond acceptors (Lipinski definition) is 3. The smallest absolute Gasteiger partial charge is 0.145 e. The van der Waals surface area contributed by atoms with E-state index in [1.165, 1.54) is 0 Å². The number of nitrogens with zero attached hydrogens (tertiary/aromatic N) is 1. The van der Waals surface area contributed by atoms with Gasteiger partial charge in [0.2, 0.25) is 0 Å². The molecule has 84 valence electrons. The molecule has 0 aliphatic rings. The first-order valence-corrected chi connectivity index (χ1v) is 5.27. The molecule has 3 aromatic rings. The Kier molecular flexibility index (Phi) is 2.01. The minimum Gasteiger partial charge on any atom is -0.507 e. The number of nitrogen functional groups attached to an aromatic ring is 1. The number of phenols is 1. The number of rotatable bonds is 1. The summed E-state index contributed by atoms with van der Waals surface area (Å²) in [6, 6.07) is 13.2. The number of anilines is 1. The lowest BCUT2D eigenvalue weighted by Crippen LogP contribution is -1.81. The number of H-pyrrole nitrogens is 1. The van der Waals surface area contributed by atoms with E-state index < -0.39 is 0 Å². The minimum absolute atomic E-state index is 0.215. The Balaban J connectivity index is 2.26. The largest absolute Gasteiger partial charge is 0.507 e. The van der Waals surface area contributed by atoms with Gasteiger partial charge in [-0.2, -0.15) is 5.10 Å². The van der Waals surface area contributed by atoms with Crippen LogP contribution in [0.4, 0.5) is 5.82 Å². The van der Waals surface area contributed by atoms with Crippen LogP contribution in [0.15, 0.2) is 42.5 Å². The van der Waals surface area contributed by atoms with Crippen molar-refractivity contribution in [3.63, 3.8) is 0 Å². The third-order valence-electron chi connectivity index (χ3n) is 2.75. The van der Waals surface area contributed by atoms with Crippen LogP contribution in [0.5, 0.6) is 5.75 Å². The van der Waals surface area contributed by atoms with Gasteiger partial charge in [0.15, 0.2) is 0 Å². The van der Waals surface area contributed by atoms with Gasteiger partial charge in [-0.25, -0.2) is 0 Å². The fraction of sp³-hybridized carbons (Fsp3) is 0. The van der Waals surface area contributed by atoms with Crippen LogP contribution in [0, 0.1) is 0 Å². The van der Waals surface area contributed by atoms with Crippen molar-refractivity contribution in [2.45, 2.75) is 0 Å². The highest BCUT2D eigenvalue weighted by Crippen LogP contribution is 2.32. The summed E-state index contributed by atoms with van der Waals surface area (Å²) in [4.78, 5) is 0. The topological polar surface area (TPSA) is 74.9 Å². The van der Waals surface area contributed by atoms with Crippen LogP contribution in [0.25, 0.3) is 22.0 Å². The van der Waals surface area contributed by atoms with Crippen molar-refractivity contribution in [2.24, 2.45) is 0 Å². The van der Waals surface area contributed by atoms with Crippen LogP contribution in [0.3, 0.4) is 0 Å². The molecule has 1 aromatic heterocycles. The SMILES string of the molecule is Nc1cc(-c2cc3ccccc3cc2O)[nH]n1. The maximum atomic E-state index is 9.98. The molecule has 0 atom stereocenters. The summed E-state index contributed by atoms with van der Waals surface area (Å²) in [7, 11) is 0. The average molecular weight is 225 g/mol. The van der Waals surface area contributed by atoms with E-state index in [-0.39, 0.29) is 5.75 Å². The number of fused-ring (bicyclic) bond motifs is 1. The summed E-state index contributed by atoms with van der Waals surface area (Å²) in [5, 5.41) is 18.7. The number of aromatic amines is 1. The monoisotopic (exact) mass is 225 g/mol. The van der Waals surface area contributed by atoms with Crippen LogP contribution >= 0.6 is 0 Å². The quantitative estimate of drug-likeness (QED) is 0.595. The summed E-state index contributed by atoms with van der Waals surface area (Å²) in [6.07, 6.45) is 0. The molecule has 0 saturated heterocycles. The Morgan fingerprint density at radius 3 is 2.41 bits per heavy atom. The number of aromatic hydroxyl groups is 1. The lowest BCUT2D eigenvalue weighted by atomic mass is 10.0. The van der Waals surface area contributed by atoms with Gasteiger partial charge in [-0.1, -0.05) is 24.3 Å². The molecule has 4 N–H and O–H groups in total. The molecular weight excluding hydrogens is 214 g/mol. The number of benzene rings is 2. The van der Waals surface area contributed by atoms with Crippen LogP contribution in [0.2, 0.25) is 0 Å². The Bertz CT molecular complexity index is 688. The fourth-order valence-electron chi connectivity index (χ4n) is 1.92. The van der Waals surface area contributed by atoms with Gasteiger partial charge in [-0.3, -0.25) is 5.10 Å². The second-order valence-electron chi connectivity index (χ2n) is 3.92. The van der Waals surface area contributed by atoms with Crippen LogP contribution < -0.4 is 5.73 Å². The summed E-state index contributed by atoms with van der Waals surface area (Å²) in [5.41, 5.74) is 6.97. The predicted molar refractivity (Wildman–Crippen MR) is 67.6 cm³/mol. The summed E-state index contributed by atoms with van der Waals surface area (Å²) >= 11 is 0. The molecule has 0 aliphatic carbocycles. The molecule has 0 spiro atoms. The minimum atomic E-state index is 0.215. The van der Waals surface area contributed by atoms with Gasteiger partial charge < -0.3 is 10.8 Å². The number of hydrogen-bond donors (Lipinski definition) is 3. The third kappa shape index (κ3) is 1.59. The van der Waals surface area contributed by atoms with Crippen LogP contribution in [0.1, 0.15) is 0 Å². The number of aromatic nitrogens is 2. The van der Waals surface area contributed by atoms with Gasteiger partial charge in [0.25, 0.3) is 0 Å². The van der Waals surface area contributed by atoms with E-state index in [0.29, 0.717) is 17.1 Å². The average Bonchev–Trinajstić information content (AvgIpc) is 2.75. The summed E-state index contributed by atoms with van der Waals surface area (Å²) in [5.74, 6) is 0.625. The summed E-state index contributed by atoms with van der Waals surface area (Å²) in [6.45, 7) is 0. The van der Waals surface area contributed by atoms with Gasteiger partial charge in [0, 0.05) is 11.6 Å². The van der Waals surface area contributed by atoms with E-state index >= 15 is 0 Å². The van der Waals surface area contributed by atoms with Crippen molar-refractivity contribution in [1.82, 2.24) is 10.2 Å². The highest BCUT2D eigenvalue weighted by atomic mass is 16.3. The molecule has 0 aliphatic heterocycles. The maximum absolute atomic E-state index is 9.98. The van der Waals surface area contributed by atoms with Crippen molar-refractivity contribution < 1.29 is 5.11 Å². The molecule has 4 nitrogen and oxygen atoms in total. The van der Waals surface area contributed by atoms with Gasteiger partial charge in [-0.15, -0.1) is 0 Å². The van der Waals surface area contributed by atoms with Gasteiger partial charge >= 0.3 is 0 Å². The molecule has 0 radical (unpaired) electrons.